The van der Waals surface area contributed by atoms with Crippen molar-refractivity contribution < 1.29 is 4.57 Å². The SMILES string of the molecule is CC(C)CC(NC(C)(C)C)P(=O)(c1ccccc1)c1ccccc1. The minimum atomic E-state index is -2.80. The molecule has 2 aromatic carbocycles. The number of rotatable bonds is 6. The van der Waals surface area contributed by atoms with Crippen LogP contribution in [0.4, 0.5) is 0 Å². The van der Waals surface area contributed by atoms with Gasteiger partial charge in [0.05, 0.1) is 5.78 Å². The second kappa shape index (κ2) is 7.68. The van der Waals surface area contributed by atoms with Crippen molar-refractivity contribution in [2.45, 2.75) is 52.4 Å². The van der Waals surface area contributed by atoms with E-state index in [4.69, 9.17) is 0 Å². The van der Waals surface area contributed by atoms with Gasteiger partial charge in [-0.25, -0.2) is 0 Å². The molecule has 1 unspecified atom stereocenters. The first-order chi connectivity index (χ1) is 11.2. The fourth-order valence-electron chi connectivity index (χ4n) is 3.05. The van der Waals surface area contributed by atoms with Crippen LogP contribution in [0.2, 0.25) is 0 Å². The van der Waals surface area contributed by atoms with Crippen molar-refractivity contribution in [1.29, 1.82) is 0 Å². The molecule has 2 rings (SSSR count). The van der Waals surface area contributed by atoms with E-state index >= 15 is 0 Å². The standard InChI is InChI=1S/C21H30NOP/c1-17(2)16-20(22-21(3,4)5)24(23,18-12-8-6-9-13-18)19-14-10-7-11-15-19/h6-15,17,20,22H,16H2,1-5H3. The molecule has 24 heavy (non-hydrogen) atoms. The quantitative estimate of drug-likeness (QED) is 0.766. The zero-order valence-electron chi connectivity index (χ0n) is 15.5. The highest BCUT2D eigenvalue weighted by atomic mass is 31.2. The molecule has 0 saturated heterocycles. The van der Waals surface area contributed by atoms with Crippen molar-refractivity contribution in [3.63, 3.8) is 0 Å². The molecule has 1 N–H and O–H groups in total. The summed E-state index contributed by atoms with van der Waals surface area (Å²) in [5.41, 5.74) is -0.0984. The Bertz CT molecular complexity index is 630. The van der Waals surface area contributed by atoms with E-state index in [9.17, 15) is 4.57 Å². The molecular weight excluding hydrogens is 313 g/mol. The Hall–Kier alpha value is -1.37. The maximum absolute atomic E-state index is 14.5. The summed E-state index contributed by atoms with van der Waals surface area (Å²) in [5, 5.41) is 5.52. The van der Waals surface area contributed by atoms with Crippen molar-refractivity contribution in [2.75, 3.05) is 0 Å². The molecule has 0 aliphatic rings. The van der Waals surface area contributed by atoms with Gasteiger partial charge in [-0.3, -0.25) is 0 Å². The van der Waals surface area contributed by atoms with Crippen LogP contribution >= 0.6 is 7.14 Å². The minimum absolute atomic E-state index is 0.0812. The molecule has 0 saturated carbocycles. The van der Waals surface area contributed by atoms with Gasteiger partial charge in [-0.2, -0.15) is 0 Å². The molecule has 130 valence electrons. The number of hydrogen-bond donors (Lipinski definition) is 1. The Morgan fingerprint density at radius 2 is 1.29 bits per heavy atom. The lowest BCUT2D eigenvalue weighted by Crippen LogP contribution is -2.47. The average molecular weight is 343 g/mol. The van der Waals surface area contributed by atoms with E-state index in [1.165, 1.54) is 0 Å². The van der Waals surface area contributed by atoms with Crippen LogP contribution in [0.15, 0.2) is 60.7 Å². The molecule has 3 heteroatoms. The second-order valence-electron chi connectivity index (χ2n) is 7.87. The molecule has 1 atom stereocenters. The Morgan fingerprint density at radius 1 is 0.875 bits per heavy atom. The maximum Gasteiger partial charge on any atom is 0.159 e. The lowest BCUT2D eigenvalue weighted by molar-refractivity contribution is 0.372. The summed E-state index contributed by atoms with van der Waals surface area (Å²) in [6.07, 6.45) is 0.873. The van der Waals surface area contributed by atoms with Crippen molar-refractivity contribution in [2.24, 2.45) is 5.92 Å². The van der Waals surface area contributed by atoms with Crippen LogP contribution in [0, 0.1) is 5.92 Å². The van der Waals surface area contributed by atoms with Gasteiger partial charge < -0.3 is 9.88 Å². The topological polar surface area (TPSA) is 29.1 Å². The van der Waals surface area contributed by atoms with E-state index in [1.54, 1.807) is 0 Å². The summed E-state index contributed by atoms with van der Waals surface area (Å²) in [6.45, 7) is 10.8. The molecule has 0 amide bonds. The van der Waals surface area contributed by atoms with Crippen LogP contribution in [-0.4, -0.2) is 11.3 Å². The van der Waals surface area contributed by atoms with Crippen molar-refractivity contribution in [3.8, 4) is 0 Å². The first-order valence-corrected chi connectivity index (χ1v) is 10.5. The van der Waals surface area contributed by atoms with Gasteiger partial charge in [0.1, 0.15) is 0 Å². The van der Waals surface area contributed by atoms with Gasteiger partial charge in [-0.1, -0.05) is 74.5 Å². The number of hydrogen-bond acceptors (Lipinski definition) is 2. The van der Waals surface area contributed by atoms with Gasteiger partial charge in [-0.05, 0) is 33.1 Å². The summed E-state index contributed by atoms with van der Waals surface area (Å²) in [5.74, 6) is 0.382. The van der Waals surface area contributed by atoms with Gasteiger partial charge in [0.15, 0.2) is 7.14 Å². The Balaban J connectivity index is 2.61. The summed E-state index contributed by atoms with van der Waals surface area (Å²) in [4.78, 5) is 0. The van der Waals surface area contributed by atoms with E-state index in [0.717, 1.165) is 17.0 Å². The summed E-state index contributed by atoms with van der Waals surface area (Å²) in [6, 6.07) is 19.9. The summed E-state index contributed by atoms with van der Waals surface area (Å²) in [7, 11) is -2.80. The normalized spacial score (nSPS) is 13.9. The molecule has 2 nitrogen and oxygen atoms in total. The monoisotopic (exact) mass is 343 g/mol. The first kappa shape index (κ1) is 19.0. The molecule has 0 bridgehead atoms. The predicted molar refractivity (Wildman–Crippen MR) is 106 cm³/mol. The molecule has 0 spiro atoms. The smallest absolute Gasteiger partial charge is 0.159 e. The molecule has 0 aliphatic carbocycles. The van der Waals surface area contributed by atoms with Crippen molar-refractivity contribution in [3.05, 3.63) is 60.7 Å². The lowest BCUT2D eigenvalue weighted by Gasteiger charge is -2.36. The number of benzene rings is 2. The van der Waals surface area contributed by atoms with Crippen LogP contribution < -0.4 is 15.9 Å². The molecule has 0 aliphatic heterocycles. The third kappa shape index (κ3) is 4.59. The summed E-state index contributed by atoms with van der Waals surface area (Å²) >= 11 is 0. The first-order valence-electron chi connectivity index (χ1n) is 8.72. The van der Waals surface area contributed by atoms with Crippen molar-refractivity contribution in [1.82, 2.24) is 5.32 Å². The highest BCUT2D eigenvalue weighted by Gasteiger charge is 2.38. The summed E-state index contributed by atoms with van der Waals surface area (Å²) < 4.78 is 14.5. The third-order valence-electron chi connectivity index (χ3n) is 4.01. The molecular formula is C21H30NOP. The fraction of sp³-hybridized carbons (Fsp3) is 0.429. The molecule has 2 aromatic rings. The van der Waals surface area contributed by atoms with Crippen LogP contribution in [0.1, 0.15) is 41.0 Å². The Kier molecular flexibility index (Phi) is 6.06. The van der Waals surface area contributed by atoms with E-state index in [0.29, 0.717) is 5.92 Å². The van der Waals surface area contributed by atoms with Gasteiger partial charge in [-0.15, -0.1) is 0 Å². The fourth-order valence-corrected chi connectivity index (χ4v) is 6.59. The predicted octanol–water partition coefficient (Wildman–Crippen LogP) is 4.76. The molecule has 0 heterocycles. The van der Waals surface area contributed by atoms with E-state index in [2.05, 4.69) is 39.9 Å². The van der Waals surface area contributed by atoms with E-state index in [1.807, 2.05) is 60.7 Å². The third-order valence-corrected chi connectivity index (χ3v) is 7.36. The Labute approximate surface area is 147 Å². The Morgan fingerprint density at radius 3 is 1.62 bits per heavy atom. The minimum Gasteiger partial charge on any atom is -0.312 e. The average Bonchev–Trinajstić information content (AvgIpc) is 2.53. The molecule has 0 fully saturated rings. The van der Waals surface area contributed by atoms with Gasteiger partial charge >= 0.3 is 0 Å². The number of nitrogens with one attached hydrogen (secondary N) is 1. The molecule has 0 radical (unpaired) electrons. The lowest BCUT2D eigenvalue weighted by atomic mass is 10.1. The molecule has 0 aromatic heterocycles. The van der Waals surface area contributed by atoms with Crippen LogP contribution in [0.5, 0.6) is 0 Å². The van der Waals surface area contributed by atoms with Crippen LogP contribution in [-0.2, 0) is 4.57 Å². The largest absolute Gasteiger partial charge is 0.312 e. The second-order valence-corrected chi connectivity index (χ2v) is 10.8. The zero-order valence-corrected chi connectivity index (χ0v) is 16.4. The maximum atomic E-state index is 14.5. The van der Waals surface area contributed by atoms with Gasteiger partial charge in [0.25, 0.3) is 0 Å². The highest BCUT2D eigenvalue weighted by molar-refractivity contribution is 7.79. The van der Waals surface area contributed by atoms with Crippen molar-refractivity contribution >= 4 is 17.8 Å². The van der Waals surface area contributed by atoms with Crippen LogP contribution in [0.25, 0.3) is 0 Å². The van der Waals surface area contributed by atoms with Gasteiger partial charge in [0, 0.05) is 16.1 Å². The van der Waals surface area contributed by atoms with E-state index < -0.39 is 7.14 Å². The van der Waals surface area contributed by atoms with E-state index in [-0.39, 0.29) is 11.3 Å². The zero-order chi connectivity index (χ0) is 17.8. The van der Waals surface area contributed by atoms with Gasteiger partial charge in [0.2, 0.25) is 0 Å². The highest BCUT2D eigenvalue weighted by Crippen LogP contribution is 2.50. The van der Waals surface area contributed by atoms with Crippen LogP contribution in [0.3, 0.4) is 0 Å².